The highest BCUT2D eigenvalue weighted by Crippen LogP contribution is 2.19. The van der Waals surface area contributed by atoms with Crippen molar-refractivity contribution in [3.63, 3.8) is 0 Å². The smallest absolute Gasteiger partial charge is 0.381 e. The molecule has 0 aliphatic carbocycles. The number of carbonyl (C=O) groups excluding carboxylic acids is 2. The van der Waals surface area contributed by atoms with E-state index in [2.05, 4.69) is 5.32 Å². The van der Waals surface area contributed by atoms with Gasteiger partial charge in [-0.1, -0.05) is 12.1 Å². The zero-order valence-electron chi connectivity index (χ0n) is 13.0. The summed E-state index contributed by atoms with van der Waals surface area (Å²) in [6.07, 6.45) is -2.73. The van der Waals surface area contributed by atoms with Crippen LogP contribution in [0.1, 0.15) is 24.8 Å². The van der Waals surface area contributed by atoms with Gasteiger partial charge in [0.25, 0.3) is 0 Å². The maximum absolute atomic E-state index is 12.1. The monoisotopic (exact) mass is 344 g/mol. The predicted octanol–water partition coefficient (Wildman–Crippen LogP) is 2.62. The topological polar surface area (TPSA) is 67.4 Å². The van der Waals surface area contributed by atoms with Crippen LogP contribution >= 0.6 is 0 Å². The fourth-order valence-corrected chi connectivity index (χ4v) is 2.41. The van der Waals surface area contributed by atoms with E-state index in [9.17, 15) is 22.8 Å². The Morgan fingerprint density at radius 3 is 2.33 bits per heavy atom. The van der Waals surface area contributed by atoms with E-state index in [0.29, 0.717) is 36.8 Å². The lowest BCUT2D eigenvalue weighted by molar-refractivity contribution is -0.173. The summed E-state index contributed by atoms with van der Waals surface area (Å²) in [5, 5.41) is 4.55. The van der Waals surface area contributed by atoms with Gasteiger partial charge in [0.15, 0.2) is 0 Å². The fourth-order valence-electron chi connectivity index (χ4n) is 2.41. The molecule has 24 heavy (non-hydrogen) atoms. The Morgan fingerprint density at radius 2 is 1.75 bits per heavy atom. The summed E-state index contributed by atoms with van der Waals surface area (Å²) < 4.78 is 41.5. The third kappa shape index (κ3) is 5.84. The van der Waals surface area contributed by atoms with Crippen LogP contribution in [0.15, 0.2) is 24.3 Å². The van der Waals surface area contributed by atoms with E-state index in [1.54, 1.807) is 29.6 Å². The van der Waals surface area contributed by atoms with Crippen molar-refractivity contribution in [3.05, 3.63) is 29.8 Å². The van der Waals surface area contributed by atoms with Crippen molar-refractivity contribution in [1.82, 2.24) is 5.32 Å². The van der Waals surface area contributed by atoms with Gasteiger partial charge in [-0.3, -0.25) is 9.59 Å². The van der Waals surface area contributed by atoms with Crippen LogP contribution in [0.25, 0.3) is 0 Å². The van der Waals surface area contributed by atoms with Crippen LogP contribution in [0, 0.1) is 5.92 Å². The first-order valence-corrected chi connectivity index (χ1v) is 7.66. The molecule has 0 bridgehead atoms. The number of hydrogen-bond acceptors (Lipinski definition) is 3. The number of alkyl halides is 3. The molecule has 0 aromatic heterocycles. The van der Waals surface area contributed by atoms with Crippen LogP contribution < -0.4 is 10.6 Å². The lowest BCUT2D eigenvalue weighted by Crippen LogP contribution is -2.36. The summed E-state index contributed by atoms with van der Waals surface area (Å²) in [7, 11) is 0. The molecule has 1 saturated heterocycles. The van der Waals surface area contributed by atoms with Crippen molar-refractivity contribution in [2.45, 2.75) is 32.0 Å². The van der Waals surface area contributed by atoms with Crippen LogP contribution in [0.5, 0.6) is 0 Å². The second-order valence-electron chi connectivity index (χ2n) is 5.69. The lowest BCUT2D eigenvalue weighted by atomic mass is 9.96. The van der Waals surface area contributed by atoms with E-state index < -0.39 is 12.1 Å². The van der Waals surface area contributed by atoms with Crippen molar-refractivity contribution >= 4 is 17.5 Å². The highest BCUT2D eigenvalue weighted by molar-refractivity contribution is 5.90. The molecule has 132 valence electrons. The summed E-state index contributed by atoms with van der Waals surface area (Å²) in [6, 6.07) is 6.30. The molecule has 2 rings (SSSR count). The molecule has 0 atom stereocenters. The molecular weight excluding hydrogens is 325 g/mol. The molecule has 1 fully saturated rings. The SMILES string of the molecule is O=C(CC1CCOCC1)Nc1ccc(CNC(=O)C(F)(F)F)cc1. The number of carbonyl (C=O) groups is 2. The average molecular weight is 344 g/mol. The highest BCUT2D eigenvalue weighted by Gasteiger charge is 2.38. The quantitative estimate of drug-likeness (QED) is 0.863. The second-order valence-corrected chi connectivity index (χ2v) is 5.69. The van der Waals surface area contributed by atoms with Gasteiger partial charge in [0.05, 0.1) is 0 Å². The van der Waals surface area contributed by atoms with E-state index in [4.69, 9.17) is 4.74 Å². The summed E-state index contributed by atoms with van der Waals surface area (Å²) in [5.74, 6) is -1.76. The van der Waals surface area contributed by atoms with Gasteiger partial charge < -0.3 is 15.4 Å². The molecule has 0 radical (unpaired) electrons. The number of anilines is 1. The van der Waals surface area contributed by atoms with E-state index in [1.165, 1.54) is 0 Å². The summed E-state index contributed by atoms with van der Waals surface area (Å²) >= 11 is 0. The summed E-state index contributed by atoms with van der Waals surface area (Å²) in [4.78, 5) is 22.7. The maximum Gasteiger partial charge on any atom is 0.471 e. The number of amides is 2. The maximum atomic E-state index is 12.1. The van der Waals surface area contributed by atoms with Crippen molar-refractivity contribution in [2.75, 3.05) is 18.5 Å². The Morgan fingerprint density at radius 1 is 1.12 bits per heavy atom. The zero-order valence-corrected chi connectivity index (χ0v) is 13.0. The lowest BCUT2D eigenvalue weighted by Gasteiger charge is -2.21. The molecule has 2 amide bonds. The van der Waals surface area contributed by atoms with E-state index in [-0.39, 0.29) is 12.5 Å². The highest BCUT2D eigenvalue weighted by atomic mass is 19.4. The van der Waals surface area contributed by atoms with Crippen LogP contribution in [-0.2, 0) is 20.9 Å². The van der Waals surface area contributed by atoms with Crippen LogP contribution in [0.4, 0.5) is 18.9 Å². The number of halogens is 3. The average Bonchev–Trinajstić information content (AvgIpc) is 2.54. The van der Waals surface area contributed by atoms with Gasteiger partial charge in [-0.25, -0.2) is 0 Å². The van der Waals surface area contributed by atoms with Crippen LogP contribution in [-0.4, -0.2) is 31.2 Å². The number of nitrogens with one attached hydrogen (secondary N) is 2. The number of rotatable bonds is 5. The van der Waals surface area contributed by atoms with Gasteiger partial charge in [-0.05, 0) is 36.5 Å². The second kappa shape index (κ2) is 8.14. The Balaban J connectivity index is 1.79. The molecule has 0 saturated carbocycles. The molecule has 0 spiro atoms. The molecule has 1 aliphatic heterocycles. The zero-order chi connectivity index (χ0) is 17.6. The van der Waals surface area contributed by atoms with Gasteiger partial charge in [-0.2, -0.15) is 13.2 Å². The Kier molecular flexibility index (Phi) is 6.19. The van der Waals surface area contributed by atoms with Crippen molar-refractivity contribution in [2.24, 2.45) is 5.92 Å². The molecule has 1 aromatic carbocycles. The molecule has 1 aromatic rings. The Labute approximate surface area is 137 Å². The minimum Gasteiger partial charge on any atom is -0.381 e. The Bertz CT molecular complexity index is 567. The number of hydrogen-bond donors (Lipinski definition) is 2. The standard InChI is InChI=1S/C16H19F3N2O3/c17-16(18,19)15(23)20-10-12-1-3-13(4-2-12)21-14(22)9-11-5-7-24-8-6-11/h1-4,11H,5-10H2,(H,20,23)(H,21,22). The summed E-state index contributed by atoms with van der Waals surface area (Å²) in [6.45, 7) is 1.13. The van der Waals surface area contributed by atoms with E-state index in [1.807, 2.05) is 0 Å². The van der Waals surface area contributed by atoms with E-state index in [0.717, 1.165) is 12.8 Å². The van der Waals surface area contributed by atoms with Crippen LogP contribution in [0.3, 0.4) is 0 Å². The first-order chi connectivity index (χ1) is 11.3. The molecule has 5 nitrogen and oxygen atoms in total. The minimum absolute atomic E-state index is 0.0972. The first kappa shape index (κ1) is 18.3. The first-order valence-electron chi connectivity index (χ1n) is 7.66. The molecule has 8 heteroatoms. The molecule has 2 N–H and O–H groups in total. The largest absolute Gasteiger partial charge is 0.471 e. The van der Waals surface area contributed by atoms with Gasteiger partial charge in [0.1, 0.15) is 0 Å². The van der Waals surface area contributed by atoms with Crippen molar-refractivity contribution in [1.29, 1.82) is 0 Å². The van der Waals surface area contributed by atoms with E-state index >= 15 is 0 Å². The third-order valence-corrected chi connectivity index (χ3v) is 3.76. The van der Waals surface area contributed by atoms with Gasteiger partial charge in [0, 0.05) is 31.9 Å². The van der Waals surface area contributed by atoms with Gasteiger partial charge in [-0.15, -0.1) is 0 Å². The van der Waals surface area contributed by atoms with Gasteiger partial charge >= 0.3 is 12.1 Å². The van der Waals surface area contributed by atoms with Crippen molar-refractivity contribution in [3.8, 4) is 0 Å². The number of ether oxygens (including phenoxy) is 1. The molecular formula is C16H19F3N2O3. The Hall–Kier alpha value is -2.09. The van der Waals surface area contributed by atoms with Gasteiger partial charge in [0.2, 0.25) is 5.91 Å². The molecule has 1 heterocycles. The number of benzene rings is 1. The molecule has 1 aliphatic rings. The third-order valence-electron chi connectivity index (χ3n) is 3.76. The normalized spacial score (nSPS) is 15.8. The fraction of sp³-hybridized carbons (Fsp3) is 0.500. The van der Waals surface area contributed by atoms with Crippen molar-refractivity contribution < 1.29 is 27.5 Å². The molecule has 0 unspecified atom stereocenters. The summed E-state index contributed by atoms with van der Waals surface area (Å²) in [5.41, 5.74) is 1.08. The minimum atomic E-state index is -4.89. The predicted molar refractivity (Wildman–Crippen MR) is 81.1 cm³/mol. The van der Waals surface area contributed by atoms with Crippen LogP contribution in [0.2, 0.25) is 0 Å².